The molecule has 6 heteroatoms. The minimum atomic E-state index is -1.02. The molecule has 0 spiro atoms. The Morgan fingerprint density at radius 3 is 2.18 bits per heavy atom. The highest BCUT2D eigenvalue weighted by molar-refractivity contribution is 8.00. The van der Waals surface area contributed by atoms with Crippen molar-refractivity contribution in [2.45, 2.75) is 10.8 Å². The highest BCUT2D eigenvalue weighted by Gasteiger charge is 2.16. The van der Waals surface area contributed by atoms with Crippen molar-refractivity contribution in [1.29, 1.82) is 5.26 Å². The molecule has 0 aliphatic heterocycles. The van der Waals surface area contributed by atoms with E-state index in [4.69, 9.17) is 16.6 Å². The molecule has 0 radical (unpaired) electrons. The van der Waals surface area contributed by atoms with Gasteiger partial charge in [-0.15, -0.1) is 11.8 Å². The molecule has 0 unspecified atom stereocenters. The second kappa shape index (κ2) is 11.3. The molecular weight excluding hydrogens is 468 g/mol. The van der Waals surface area contributed by atoms with Crippen molar-refractivity contribution in [3.8, 4) is 28.5 Å². The normalized spacial score (nSPS) is 11.6. The molecule has 1 atom stereocenters. The number of benzene rings is 3. The molecule has 0 saturated carbocycles. The highest BCUT2D eigenvalue weighted by Crippen LogP contribution is 2.34. The first-order valence-electron chi connectivity index (χ1n) is 10.4. The summed E-state index contributed by atoms with van der Waals surface area (Å²) in [6, 6.07) is 31.6. The van der Waals surface area contributed by atoms with E-state index in [0.717, 1.165) is 27.9 Å². The van der Waals surface area contributed by atoms with Gasteiger partial charge in [-0.25, -0.2) is 4.98 Å². The van der Waals surface area contributed by atoms with Crippen LogP contribution in [0.25, 0.3) is 22.4 Å². The third-order valence-electron chi connectivity index (χ3n) is 5.04. The monoisotopic (exact) mass is 488 g/mol. The van der Waals surface area contributed by atoms with E-state index in [1.54, 1.807) is 0 Å². The lowest BCUT2D eigenvalue weighted by Crippen LogP contribution is -2.04. The van der Waals surface area contributed by atoms with Crippen LogP contribution in [0.5, 0.6) is 0 Å². The molecule has 33 heavy (non-hydrogen) atoms. The van der Waals surface area contributed by atoms with E-state index >= 15 is 0 Å². The van der Waals surface area contributed by atoms with Crippen molar-refractivity contribution in [1.82, 2.24) is 4.98 Å². The van der Waals surface area contributed by atoms with E-state index in [-0.39, 0.29) is 0 Å². The van der Waals surface area contributed by atoms with Crippen molar-refractivity contribution in [2.24, 2.45) is 0 Å². The fourth-order valence-electron chi connectivity index (χ4n) is 3.41. The first-order valence-corrected chi connectivity index (χ1v) is 13.3. The lowest BCUT2D eigenvalue weighted by Gasteiger charge is -2.12. The summed E-state index contributed by atoms with van der Waals surface area (Å²) in [5, 5.41) is 11.3. The highest BCUT2D eigenvalue weighted by atomic mass is 35.5. The van der Waals surface area contributed by atoms with Gasteiger partial charge in [0.2, 0.25) is 0 Å². The van der Waals surface area contributed by atoms with Crippen LogP contribution in [0, 0.1) is 11.3 Å². The Kier molecular flexibility index (Phi) is 7.96. The fraction of sp³-hybridized carbons (Fsp3) is 0.111. The van der Waals surface area contributed by atoms with Gasteiger partial charge in [0.25, 0.3) is 0 Å². The molecule has 3 nitrogen and oxygen atoms in total. The molecule has 3 aromatic carbocycles. The lowest BCUT2D eigenvalue weighted by atomic mass is 9.99. The van der Waals surface area contributed by atoms with Gasteiger partial charge in [0.05, 0.1) is 11.3 Å². The second-order valence-electron chi connectivity index (χ2n) is 7.34. The van der Waals surface area contributed by atoms with Crippen LogP contribution in [-0.2, 0) is 16.6 Å². The van der Waals surface area contributed by atoms with E-state index < -0.39 is 10.8 Å². The lowest BCUT2D eigenvalue weighted by molar-refractivity contribution is 0.683. The van der Waals surface area contributed by atoms with Crippen LogP contribution in [0.15, 0.2) is 96.0 Å². The minimum Gasteiger partial charge on any atom is -0.259 e. The number of hydrogen-bond acceptors (Lipinski definition) is 4. The molecule has 164 valence electrons. The van der Waals surface area contributed by atoms with Crippen molar-refractivity contribution in [3.63, 3.8) is 0 Å². The van der Waals surface area contributed by atoms with Crippen molar-refractivity contribution in [3.05, 3.63) is 107 Å². The van der Waals surface area contributed by atoms with Crippen molar-refractivity contribution in [2.75, 3.05) is 11.5 Å². The second-order valence-corrected chi connectivity index (χ2v) is 10.4. The van der Waals surface area contributed by atoms with Gasteiger partial charge >= 0.3 is 0 Å². The van der Waals surface area contributed by atoms with E-state index in [0.29, 0.717) is 32.9 Å². The third kappa shape index (κ3) is 6.11. The average molecular weight is 489 g/mol. The molecule has 4 aromatic rings. The van der Waals surface area contributed by atoms with Gasteiger partial charge < -0.3 is 0 Å². The van der Waals surface area contributed by atoms with Crippen LogP contribution < -0.4 is 0 Å². The molecule has 1 heterocycles. The standard InChI is InChI=1S/C27H21ClN2OS2/c28-23-13-11-20(12-14-23)19-33(31)16-15-32-27-25(18-29)24(21-7-3-1-4-8-21)17-26(30-27)22-9-5-2-6-10-22/h1-14,17H,15-16,19H2/t33-/m1/s1. The zero-order chi connectivity index (χ0) is 23.0. The quantitative estimate of drug-likeness (QED) is 0.251. The number of pyridine rings is 1. The summed E-state index contributed by atoms with van der Waals surface area (Å²) < 4.78 is 12.6. The Morgan fingerprint density at radius 1 is 0.909 bits per heavy atom. The van der Waals surface area contributed by atoms with Gasteiger partial charge in [-0.1, -0.05) is 84.4 Å². The van der Waals surface area contributed by atoms with Crippen LogP contribution >= 0.6 is 23.4 Å². The van der Waals surface area contributed by atoms with Gasteiger partial charge in [-0.2, -0.15) is 5.26 Å². The van der Waals surface area contributed by atoms with Crippen molar-refractivity contribution >= 4 is 34.2 Å². The molecule has 0 fully saturated rings. The Hall–Kier alpha value is -2.91. The average Bonchev–Trinajstić information content (AvgIpc) is 2.86. The first kappa shape index (κ1) is 23.3. The van der Waals surface area contributed by atoms with Gasteiger partial charge in [0.1, 0.15) is 11.1 Å². The topological polar surface area (TPSA) is 53.8 Å². The zero-order valence-corrected chi connectivity index (χ0v) is 20.2. The summed E-state index contributed by atoms with van der Waals surface area (Å²) >= 11 is 7.41. The summed E-state index contributed by atoms with van der Waals surface area (Å²) in [4.78, 5) is 4.82. The van der Waals surface area contributed by atoms with Crippen LogP contribution in [0.4, 0.5) is 0 Å². The number of rotatable bonds is 8. The number of aromatic nitrogens is 1. The maximum Gasteiger partial charge on any atom is 0.115 e. The van der Waals surface area contributed by atoms with Crippen molar-refractivity contribution < 1.29 is 4.21 Å². The van der Waals surface area contributed by atoms with Gasteiger partial charge in [0.15, 0.2) is 0 Å². The maximum atomic E-state index is 12.6. The molecule has 1 aromatic heterocycles. The smallest absolute Gasteiger partial charge is 0.115 e. The van der Waals surface area contributed by atoms with Gasteiger partial charge in [-0.3, -0.25) is 4.21 Å². The SMILES string of the molecule is N#Cc1c(-c2ccccc2)cc(-c2ccccc2)nc1SCC[S@@](=O)Cc1ccc(Cl)cc1. The van der Waals surface area contributed by atoms with Crippen LogP contribution in [0.3, 0.4) is 0 Å². The Balaban J connectivity index is 1.58. The van der Waals surface area contributed by atoms with E-state index in [1.165, 1.54) is 11.8 Å². The van der Waals surface area contributed by atoms with E-state index in [1.807, 2.05) is 91.0 Å². The van der Waals surface area contributed by atoms with E-state index in [9.17, 15) is 9.47 Å². The van der Waals surface area contributed by atoms with Crippen LogP contribution in [0.2, 0.25) is 5.02 Å². The summed E-state index contributed by atoms with van der Waals surface area (Å²) in [6.07, 6.45) is 0. The summed E-state index contributed by atoms with van der Waals surface area (Å²) in [7, 11) is -1.02. The summed E-state index contributed by atoms with van der Waals surface area (Å²) in [5.41, 5.74) is 5.19. The Labute approximate surface area is 205 Å². The molecular formula is C27H21ClN2OS2. The van der Waals surface area contributed by atoms with Crippen LogP contribution in [-0.4, -0.2) is 20.7 Å². The van der Waals surface area contributed by atoms with Gasteiger partial charge in [-0.05, 0) is 29.3 Å². The Bertz CT molecular complexity index is 1290. The molecule has 0 aliphatic rings. The van der Waals surface area contributed by atoms with Crippen LogP contribution in [0.1, 0.15) is 11.1 Å². The predicted molar refractivity (Wildman–Crippen MR) is 139 cm³/mol. The van der Waals surface area contributed by atoms with E-state index in [2.05, 4.69) is 6.07 Å². The molecule has 0 bridgehead atoms. The number of nitrogens with zero attached hydrogens (tertiary/aromatic N) is 2. The molecule has 0 N–H and O–H groups in total. The number of nitriles is 1. The zero-order valence-electron chi connectivity index (χ0n) is 17.8. The van der Waals surface area contributed by atoms with Gasteiger partial charge in [0, 0.05) is 44.2 Å². The summed E-state index contributed by atoms with van der Waals surface area (Å²) in [6.45, 7) is 0. The number of hydrogen-bond donors (Lipinski definition) is 0. The molecule has 4 rings (SSSR count). The first-order chi connectivity index (χ1) is 16.1. The summed E-state index contributed by atoms with van der Waals surface area (Å²) in [5.74, 6) is 1.60. The largest absolute Gasteiger partial charge is 0.259 e. The fourth-order valence-corrected chi connectivity index (χ4v) is 5.97. The Morgan fingerprint density at radius 2 is 1.55 bits per heavy atom. The third-order valence-corrected chi connectivity index (χ3v) is 7.85. The maximum absolute atomic E-state index is 12.6. The molecule has 0 aliphatic carbocycles. The molecule has 0 amide bonds. The number of thioether (sulfide) groups is 1. The predicted octanol–water partition coefficient (Wildman–Crippen LogP) is 6.98. The number of halogens is 1. The minimum absolute atomic E-state index is 0.482. The molecule has 0 saturated heterocycles.